The van der Waals surface area contributed by atoms with Crippen molar-refractivity contribution in [1.82, 2.24) is 15.0 Å². The quantitative estimate of drug-likeness (QED) is 0.590. The van der Waals surface area contributed by atoms with Gasteiger partial charge in [0.1, 0.15) is 17.8 Å². The number of nitrogens with one attached hydrogen (secondary N) is 1. The van der Waals surface area contributed by atoms with Gasteiger partial charge in [0.2, 0.25) is 0 Å². The van der Waals surface area contributed by atoms with Crippen molar-refractivity contribution in [2.24, 2.45) is 0 Å². The Labute approximate surface area is 102 Å². The molecule has 0 aliphatic heterocycles. The summed E-state index contributed by atoms with van der Waals surface area (Å²) >= 11 is 1.63. The second-order valence-corrected chi connectivity index (χ2v) is 4.25. The topological polar surface area (TPSA) is 67.6 Å². The third-order valence-corrected chi connectivity index (χ3v) is 3.00. The minimum Gasteiger partial charge on any atom is -0.383 e. The molecular formula is C12H8N4S. The van der Waals surface area contributed by atoms with Crippen LogP contribution in [0, 0.1) is 11.8 Å². The molecule has 0 aliphatic carbocycles. The van der Waals surface area contributed by atoms with Gasteiger partial charge in [-0.05, 0) is 23.4 Å². The zero-order chi connectivity index (χ0) is 11.7. The van der Waals surface area contributed by atoms with E-state index in [-0.39, 0.29) is 0 Å². The molecule has 0 spiro atoms. The van der Waals surface area contributed by atoms with Crippen molar-refractivity contribution in [3.63, 3.8) is 0 Å². The van der Waals surface area contributed by atoms with Crippen LogP contribution in [0.5, 0.6) is 0 Å². The number of nitrogens with two attached hydrogens (primary N) is 1. The van der Waals surface area contributed by atoms with Crippen LogP contribution in [0.25, 0.3) is 11.0 Å². The highest BCUT2D eigenvalue weighted by molar-refractivity contribution is 7.08. The monoisotopic (exact) mass is 240 g/mol. The van der Waals surface area contributed by atoms with E-state index in [0.717, 1.165) is 16.6 Å². The van der Waals surface area contributed by atoms with Gasteiger partial charge in [-0.25, -0.2) is 9.97 Å². The largest absolute Gasteiger partial charge is 0.383 e. The maximum absolute atomic E-state index is 5.74. The van der Waals surface area contributed by atoms with Crippen LogP contribution >= 0.6 is 11.3 Å². The van der Waals surface area contributed by atoms with Crippen LogP contribution < -0.4 is 5.73 Å². The molecule has 0 unspecified atom stereocenters. The van der Waals surface area contributed by atoms with E-state index in [4.69, 9.17) is 5.73 Å². The Morgan fingerprint density at radius 1 is 1.29 bits per heavy atom. The lowest BCUT2D eigenvalue weighted by Gasteiger charge is -1.90. The molecule has 5 heteroatoms. The average Bonchev–Trinajstić information content (AvgIpc) is 2.95. The van der Waals surface area contributed by atoms with Crippen LogP contribution in [0.15, 0.2) is 29.2 Å². The standard InChI is InChI=1S/C12H8N4S/c13-11-10-5-9(16-12(10)15-7-14-11)2-1-8-3-4-17-6-8/h3-7H,(H3,13,14,15,16). The van der Waals surface area contributed by atoms with Gasteiger partial charge in [-0.1, -0.05) is 5.92 Å². The molecule has 0 radical (unpaired) electrons. The second kappa shape index (κ2) is 3.92. The number of H-pyrrole nitrogens is 1. The minimum atomic E-state index is 0.467. The van der Waals surface area contributed by atoms with Crippen molar-refractivity contribution in [1.29, 1.82) is 0 Å². The fourth-order valence-corrected chi connectivity index (χ4v) is 2.09. The van der Waals surface area contributed by atoms with Crippen molar-refractivity contribution in [3.05, 3.63) is 40.5 Å². The smallest absolute Gasteiger partial charge is 0.143 e. The molecule has 0 aromatic carbocycles. The summed E-state index contributed by atoms with van der Waals surface area (Å²) in [7, 11) is 0. The summed E-state index contributed by atoms with van der Waals surface area (Å²) in [6.07, 6.45) is 1.43. The first kappa shape index (κ1) is 9.87. The van der Waals surface area contributed by atoms with Gasteiger partial charge in [0.05, 0.1) is 11.1 Å². The van der Waals surface area contributed by atoms with E-state index in [1.165, 1.54) is 6.33 Å². The molecule has 0 bridgehead atoms. The third-order valence-electron chi connectivity index (χ3n) is 2.32. The van der Waals surface area contributed by atoms with E-state index >= 15 is 0 Å². The number of aromatic nitrogens is 3. The molecule has 3 N–H and O–H groups in total. The van der Waals surface area contributed by atoms with Crippen molar-refractivity contribution in [2.45, 2.75) is 0 Å². The van der Waals surface area contributed by atoms with E-state index in [1.54, 1.807) is 11.3 Å². The summed E-state index contributed by atoms with van der Waals surface area (Å²) in [4.78, 5) is 11.1. The van der Waals surface area contributed by atoms with Crippen LogP contribution in [0.3, 0.4) is 0 Å². The lowest BCUT2D eigenvalue weighted by Crippen LogP contribution is -1.90. The molecule has 3 aromatic rings. The predicted octanol–water partition coefficient (Wildman–Crippen LogP) is 2.00. The molecule has 3 rings (SSSR count). The predicted molar refractivity (Wildman–Crippen MR) is 68.6 cm³/mol. The number of rotatable bonds is 0. The fraction of sp³-hybridized carbons (Fsp3) is 0. The van der Waals surface area contributed by atoms with Gasteiger partial charge in [0.25, 0.3) is 0 Å². The van der Waals surface area contributed by atoms with E-state index in [0.29, 0.717) is 11.5 Å². The minimum absolute atomic E-state index is 0.467. The third kappa shape index (κ3) is 1.86. The highest BCUT2D eigenvalue weighted by atomic mass is 32.1. The van der Waals surface area contributed by atoms with Gasteiger partial charge in [0, 0.05) is 10.9 Å². The maximum Gasteiger partial charge on any atom is 0.143 e. The Hall–Kier alpha value is -2.32. The molecule has 0 saturated heterocycles. The van der Waals surface area contributed by atoms with Crippen molar-refractivity contribution in [3.8, 4) is 11.8 Å². The first-order valence-electron chi connectivity index (χ1n) is 4.96. The molecule has 0 aliphatic rings. The van der Waals surface area contributed by atoms with Gasteiger partial charge in [-0.3, -0.25) is 0 Å². The number of hydrogen-bond acceptors (Lipinski definition) is 4. The van der Waals surface area contributed by atoms with Gasteiger partial charge < -0.3 is 10.7 Å². The number of nitrogen functional groups attached to an aromatic ring is 1. The van der Waals surface area contributed by atoms with Crippen LogP contribution in [-0.2, 0) is 0 Å². The van der Waals surface area contributed by atoms with Crippen LogP contribution in [-0.4, -0.2) is 15.0 Å². The molecule has 0 atom stereocenters. The van der Waals surface area contributed by atoms with Gasteiger partial charge in [0.15, 0.2) is 0 Å². The second-order valence-electron chi connectivity index (χ2n) is 3.47. The summed E-state index contributed by atoms with van der Waals surface area (Å²) in [5, 5.41) is 4.81. The van der Waals surface area contributed by atoms with Gasteiger partial charge in [-0.2, -0.15) is 11.3 Å². The summed E-state index contributed by atoms with van der Waals surface area (Å²) in [6.45, 7) is 0. The number of hydrogen-bond donors (Lipinski definition) is 2. The molecule has 0 amide bonds. The summed E-state index contributed by atoms with van der Waals surface area (Å²) in [5.41, 5.74) is 8.25. The number of thiophene rings is 1. The van der Waals surface area contributed by atoms with E-state index in [2.05, 4.69) is 26.8 Å². The Balaban J connectivity index is 2.05. The summed E-state index contributed by atoms with van der Waals surface area (Å²) in [5.74, 6) is 6.57. The number of nitrogens with zero attached hydrogens (tertiary/aromatic N) is 2. The number of fused-ring (bicyclic) bond motifs is 1. The van der Waals surface area contributed by atoms with E-state index < -0.39 is 0 Å². The van der Waals surface area contributed by atoms with Crippen LogP contribution in [0.1, 0.15) is 11.3 Å². The lowest BCUT2D eigenvalue weighted by molar-refractivity contribution is 1.20. The zero-order valence-electron chi connectivity index (χ0n) is 8.77. The Morgan fingerprint density at radius 2 is 2.24 bits per heavy atom. The number of aromatic amines is 1. The number of anilines is 1. The van der Waals surface area contributed by atoms with Crippen molar-refractivity contribution >= 4 is 28.2 Å². The van der Waals surface area contributed by atoms with Crippen LogP contribution in [0.4, 0.5) is 5.82 Å². The Morgan fingerprint density at radius 3 is 3.00 bits per heavy atom. The first-order chi connectivity index (χ1) is 8.33. The van der Waals surface area contributed by atoms with Crippen molar-refractivity contribution < 1.29 is 0 Å². The zero-order valence-corrected chi connectivity index (χ0v) is 9.58. The molecule has 17 heavy (non-hydrogen) atoms. The maximum atomic E-state index is 5.74. The molecule has 82 valence electrons. The van der Waals surface area contributed by atoms with Gasteiger partial charge in [-0.15, -0.1) is 0 Å². The first-order valence-corrected chi connectivity index (χ1v) is 5.90. The summed E-state index contributed by atoms with van der Waals surface area (Å²) < 4.78 is 0. The SMILES string of the molecule is Nc1ncnc2[nH]c(C#Cc3ccsc3)cc12. The Kier molecular flexibility index (Phi) is 2.28. The van der Waals surface area contributed by atoms with Crippen LogP contribution in [0.2, 0.25) is 0 Å². The van der Waals surface area contributed by atoms with E-state index in [1.807, 2.05) is 22.9 Å². The molecule has 0 fully saturated rings. The fourth-order valence-electron chi connectivity index (χ4n) is 1.50. The molecule has 3 aromatic heterocycles. The average molecular weight is 240 g/mol. The molecular weight excluding hydrogens is 232 g/mol. The van der Waals surface area contributed by atoms with E-state index in [9.17, 15) is 0 Å². The summed E-state index contributed by atoms with van der Waals surface area (Å²) in [6, 6.07) is 3.85. The lowest BCUT2D eigenvalue weighted by atomic mass is 10.3. The molecule has 4 nitrogen and oxygen atoms in total. The highest BCUT2D eigenvalue weighted by Crippen LogP contribution is 2.16. The highest BCUT2D eigenvalue weighted by Gasteiger charge is 2.03. The van der Waals surface area contributed by atoms with Crippen molar-refractivity contribution in [2.75, 3.05) is 5.73 Å². The molecule has 3 heterocycles. The molecule has 0 saturated carbocycles. The Bertz CT molecular complexity index is 716. The normalized spacial score (nSPS) is 10.1. The van der Waals surface area contributed by atoms with Gasteiger partial charge >= 0.3 is 0 Å².